The summed E-state index contributed by atoms with van der Waals surface area (Å²) in [7, 11) is 0. The van der Waals surface area contributed by atoms with Crippen LogP contribution in [0.3, 0.4) is 0 Å². The van der Waals surface area contributed by atoms with Gasteiger partial charge in [-0.2, -0.15) is 0 Å². The number of likely N-dealkylation sites (tertiary alicyclic amines) is 1. The lowest BCUT2D eigenvalue weighted by Crippen LogP contribution is -2.50. The molecule has 7 nitrogen and oxygen atoms in total. The molecule has 1 saturated carbocycles. The third-order valence-corrected chi connectivity index (χ3v) is 5.86. The number of thioether (sulfide) groups is 1. The van der Waals surface area contributed by atoms with Gasteiger partial charge in [-0.15, -0.1) is 11.8 Å². The van der Waals surface area contributed by atoms with Crippen LogP contribution in [0.5, 0.6) is 0 Å². The number of hydrogen-bond acceptors (Lipinski definition) is 5. The van der Waals surface area contributed by atoms with Gasteiger partial charge in [0.05, 0.1) is 11.5 Å². The second-order valence-electron chi connectivity index (χ2n) is 7.26. The topological polar surface area (TPSA) is 95.6 Å². The monoisotopic (exact) mass is 383 g/mol. The van der Waals surface area contributed by atoms with Gasteiger partial charge in [0, 0.05) is 31.0 Å². The summed E-state index contributed by atoms with van der Waals surface area (Å²) in [5.41, 5.74) is 0. The van der Waals surface area contributed by atoms with Crippen molar-refractivity contribution >= 4 is 35.4 Å². The lowest BCUT2D eigenvalue weighted by Gasteiger charge is -2.32. The number of imide groups is 1. The summed E-state index contributed by atoms with van der Waals surface area (Å²) in [6.07, 6.45) is 5.00. The van der Waals surface area contributed by atoms with E-state index in [0.717, 1.165) is 12.8 Å². The van der Waals surface area contributed by atoms with Crippen molar-refractivity contribution in [2.45, 2.75) is 52.0 Å². The van der Waals surface area contributed by atoms with Gasteiger partial charge in [0.15, 0.2) is 0 Å². The predicted molar refractivity (Wildman–Crippen MR) is 100 cm³/mol. The molecule has 2 fully saturated rings. The normalized spacial score (nSPS) is 24.0. The van der Waals surface area contributed by atoms with Crippen molar-refractivity contribution in [1.82, 2.24) is 15.5 Å². The maximum Gasteiger partial charge on any atom is 0.232 e. The summed E-state index contributed by atoms with van der Waals surface area (Å²) in [5, 5.41) is 5.69. The summed E-state index contributed by atoms with van der Waals surface area (Å²) in [5.74, 6) is -0.418. The van der Waals surface area contributed by atoms with Gasteiger partial charge >= 0.3 is 0 Å². The van der Waals surface area contributed by atoms with E-state index >= 15 is 0 Å². The fraction of sp³-hybridized carbons (Fsp3) is 0.778. The predicted octanol–water partition coefficient (Wildman–Crippen LogP) is 0.926. The fourth-order valence-corrected chi connectivity index (χ4v) is 4.19. The highest BCUT2D eigenvalue weighted by atomic mass is 32.2. The summed E-state index contributed by atoms with van der Waals surface area (Å²) < 4.78 is 0. The van der Waals surface area contributed by atoms with Crippen molar-refractivity contribution in [3.05, 3.63) is 0 Å². The molecule has 1 unspecified atom stereocenters. The van der Waals surface area contributed by atoms with Gasteiger partial charge in [0.2, 0.25) is 23.6 Å². The van der Waals surface area contributed by atoms with Crippen LogP contribution in [0, 0.1) is 11.8 Å². The average Bonchev–Trinajstić information content (AvgIpc) is 3.09. The first-order valence-electron chi connectivity index (χ1n) is 9.37. The number of hydrogen-bond donors (Lipinski definition) is 2. The number of nitrogens with one attached hydrogen (secondary N) is 2. The lowest BCUT2D eigenvalue weighted by atomic mass is 9.90. The smallest absolute Gasteiger partial charge is 0.232 e. The minimum atomic E-state index is -0.193. The second-order valence-corrected chi connectivity index (χ2v) is 8.24. The van der Waals surface area contributed by atoms with Crippen molar-refractivity contribution in [3.63, 3.8) is 0 Å². The molecule has 8 heteroatoms. The molecule has 4 amide bonds. The molecule has 0 spiro atoms. The van der Waals surface area contributed by atoms with Gasteiger partial charge in [-0.1, -0.05) is 26.7 Å². The minimum Gasteiger partial charge on any atom is -0.354 e. The SMILES string of the molecule is CC1C[C@@H](C)C(=O)N(CCNC(=O)CSCC(=O)NC2CCCC2)C1=O. The first-order chi connectivity index (χ1) is 12.4. The molecular weight excluding hydrogens is 354 g/mol. The van der Waals surface area contributed by atoms with Gasteiger partial charge in [-0.25, -0.2) is 0 Å². The molecule has 2 rings (SSSR count). The Bertz CT molecular complexity index is 529. The molecule has 0 aromatic rings. The Morgan fingerprint density at radius 2 is 1.62 bits per heavy atom. The molecule has 146 valence electrons. The van der Waals surface area contributed by atoms with Crippen LogP contribution in [-0.4, -0.2) is 59.2 Å². The molecular formula is C18H29N3O4S. The highest BCUT2D eigenvalue weighted by Gasteiger charge is 2.35. The molecule has 1 aliphatic carbocycles. The van der Waals surface area contributed by atoms with Gasteiger partial charge in [0.25, 0.3) is 0 Å². The molecule has 1 saturated heterocycles. The van der Waals surface area contributed by atoms with Crippen LogP contribution in [-0.2, 0) is 19.2 Å². The molecule has 1 heterocycles. The molecule has 2 atom stereocenters. The molecule has 1 aliphatic heterocycles. The van der Waals surface area contributed by atoms with E-state index in [4.69, 9.17) is 0 Å². The quantitative estimate of drug-likeness (QED) is 0.608. The van der Waals surface area contributed by atoms with Crippen LogP contribution in [0.1, 0.15) is 46.0 Å². The fourth-order valence-electron chi connectivity index (χ4n) is 3.53. The molecule has 0 aromatic carbocycles. The number of carbonyl (C=O) groups excluding carboxylic acids is 4. The number of rotatable bonds is 8. The van der Waals surface area contributed by atoms with Gasteiger partial charge in [-0.3, -0.25) is 24.1 Å². The molecule has 0 aromatic heterocycles. The number of carbonyl (C=O) groups is 4. The number of piperidine rings is 1. The van der Waals surface area contributed by atoms with E-state index in [2.05, 4.69) is 10.6 Å². The zero-order valence-electron chi connectivity index (χ0n) is 15.6. The number of amides is 4. The van der Waals surface area contributed by atoms with Crippen LogP contribution in [0.2, 0.25) is 0 Å². The highest BCUT2D eigenvalue weighted by Crippen LogP contribution is 2.23. The van der Waals surface area contributed by atoms with Gasteiger partial charge in [0.1, 0.15) is 0 Å². The molecule has 2 N–H and O–H groups in total. The first-order valence-corrected chi connectivity index (χ1v) is 10.5. The molecule has 0 radical (unpaired) electrons. The van der Waals surface area contributed by atoms with Crippen LogP contribution < -0.4 is 10.6 Å². The Kier molecular flexibility index (Phi) is 7.93. The van der Waals surface area contributed by atoms with Crippen molar-refractivity contribution < 1.29 is 19.2 Å². The Hall–Kier alpha value is -1.57. The third kappa shape index (κ3) is 6.00. The van der Waals surface area contributed by atoms with Crippen molar-refractivity contribution in [1.29, 1.82) is 0 Å². The lowest BCUT2D eigenvalue weighted by molar-refractivity contribution is -0.154. The van der Waals surface area contributed by atoms with E-state index in [1.54, 1.807) is 0 Å². The van der Waals surface area contributed by atoms with Crippen LogP contribution in [0.15, 0.2) is 0 Å². The largest absolute Gasteiger partial charge is 0.354 e. The minimum absolute atomic E-state index is 0.0258. The summed E-state index contributed by atoms with van der Waals surface area (Å²) >= 11 is 1.27. The average molecular weight is 384 g/mol. The van der Waals surface area contributed by atoms with E-state index in [-0.39, 0.29) is 60.1 Å². The third-order valence-electron chi connectivity index (χ3n) is 4.93. The summed E-state index contributed by atoms with van der Waals surface area (Å²) in [6.45, 7) is 4.09. The highest BCUT2D eigenvalue weighted by molar-refractivity contribution is 8.00. The molecule has 0 bridgehead atoms. The van der Waals surface area contributed by atoms with Crippen LogP contribution >= 0.6 is 11.8 Å². The number of nitrogens with zero attached hydrogens (tertiary/aromatic N) is 1. The van der Waals surface area contributed by atoms with E-state index in [1.807, 2.05) is 13.8 Å². The Balaban J connectivity index is 1.60. The standard InChI is InChI=1S/C18H29N3O4S/c1-12-9-13(2)18(25)21(17(12)24)8-7-19-15(22)10-26-11-16(23)20-14-5-3-4-6-14/h12-14H,3-11H2,1-2H3,(H,19,22)(H,20,23)/t12-,13?/m1/s1. The Morgan fingerprint density at radius 3 is 2.23 bits per heavy atom. The Morgan fingerprint density at radius 1 is 1.04 bits per heavy atom. The van der Waals surface area contributed by atoms with Crippen molar-refractivity contribution in [2.24, 2.45) is 11.8 Å². The summed E-state index contributed by atoms with van der Waals surface area (Å²) in [6, 6.07) is 0.293. The van der Waals surface area contributed by atoms with E-state index in [0.29, 0.717) is 12.5 Å². The van der Waals surface area contributed by atoms with Gasteiger partial charge < -0.3 is 10.6 Å². The molecule has 2 aliphatic rings. The molecule has 26 heavy (non-hydrogen) atoms. The van der Waals surface area contributed by atoms with E-state index in [9.17, 15) is 19.2 Å². The zero-order chi connectivity index (χ0) is 19.1. The maximum atomic E-state index is 12.1. The van der Waals surface area contributed by atoms with E-state index < -0.39 is 0 Å². The first kappa shape index (κ1) is 20.7. The zero-order valence-corrected chi connectivity index (χ0v) is 16.4. The Labute approximate surface area is 159 Å². The van der Waals surface area contributed by atoms with Crippen molar-refractivity contribution in [2.75, 3.05) is 24.6 Å². The van der Waals surface area contributed by atoms with Crippen molar-refractivity contribution in [3.8, 4) is 0 Å². The summed E-state index contributed by atoms with van der Waals surface area (Å²) in [4.78, 5) is 49.1. The van der Waals surface area contributed by atoms with Crippen LogP contribution in [0.25, 0.3) is 0 Å². The van der Waals surface area contributed by atoms with E-state index in [1.165, 1.54) is 29.5 Å². The maximum absolute atomic E-state index is 12.1. The van der Waals surface area contributed by atoms with Gasteiger partial charge in [-0.05, 0) is 19.3 Å². The second kappa shape index (κ2) is 9.94. The van der Waals surface area contributed by atoms with Crippen LogP contribution in [0.4, 0.5) is 0 Å².